The molecule has 1 fully saturated rings. The van der Waals surface area contributed by atoms with Crippen LogP contribution in [0.1, 0.15) is 31.7 Å². The summed E-state index contributed by atoms with van der Waals surface area (Å²) >= 11 is 0. The molecule has 7 nitrogen and oxygen atoms in total. The molecule has 0 bridgehead atoms. The third-order valence-electron chi connectivity index (χ3n) is 6.06. The van der Waals surface area contributed by atoms with Gasteiger partial charge in [-0.1, -0.05) is 32.0 Å². The maximum absolute atomic E-state index is 4.85. The molecule has 1 unspecified atom stereocenters. The number of pyridine rings is 1. The Morgan fingerprint density at radius 3 is 2.31 bits per heavy atom. The number of nitrogens with zero attached hydrogens (tertiary/aromatic N) is 6. The van der Waals surface area contributed by atoms with E-state index < -0.39 is 0 Å². The first kappa shape index (κ1) is 21.9. The summed E-state index contributed by atoms with van der Waals surface area (Å²) in [5.74, 6) is 4.05. The highest BCUT2D eigenvalue weighted by Gasteiger charge is 2.21. The van der Waals surface area contributed by atoms with Gasteiger partial charge in [0, 0.05) is 58.2 Å². The molecule has 1 aliphatic rings. The quantitative estimate of drug-likeness (QED) is 0.590. The van der Waals surface area contributed by atoms with E-state index in [0.29, 0.717) is 5.92 Å². The molecule has 1 aromatic carbocycles. The standard InChI is InChI=1S/C25H33N7/c1-5-19(2)20-9-11-21(12-10-20)27-22-18-24(30(3)4)29-25(28-22)32-16-14-31(15-17-32)23-8-6-7-13-26-23/h6-13,18-19H,5,14-17H2,1-4H3,(H,27,28,29). The fraction of sp³-hybridized carbons (Fsp3) is 0.400. The van der Waals surface area contributed by atoms with E-state index in [9.17, 15) is 0 Å². The number of rotatable bonds is 7. The zero-order valence-electron chi connectivity index (χ0n) is 19.5. The summed E-state index contributed by atoms with van der Waals surface area (Å²) in [7, 11) is 4.02. The van der Waals surface area contributed by atoms with E-state index >= 15 is 0 Å². The van der Waals surface area contributed by atoms with Crippen LogP contribution in [0.25, 0.3) is 0 Å². The van der Waals surface area contributed by atoms with Crippen molar-refractivity contribution in [1.82, 2.24) is 15.0 Å². The molecule has 168 valence electrons. The SMILES string of the molecule is CCC(C)c1ccc(Nc2cc(N(C)C)nc(N3CCN(c4ccccn4)CC3)n2)cc1. The topological polar surface area (TPSA) is 60.4 Å². The predicted octanol–water partition coefficient (Wildman–Crippen LogP) is 4.52. The summed E-state index contributed by atoms with van der Waals surface area (Å²) < 4.78 is 0. The summed E-state index contributed by atoms with van der Waals surface area (Å²) in [5.41, 5.74) is 2.40. The summed E-state index contributed by atoms with van der Waals surface area (Å²) in [5, 5.41) is 3.47. The minimum Gasteiger partial charge on any atom is -0.363 e. The molecule has 0 aliphatic carbocycles. The van der Waals surface area contributed by atoms with E-state index in [1.54, 1.807) is 0 Å². The molecule has 0 spiro atoms. The van der Waals surface area contributed by atoms with Gasteiger partial charge < -0.3 is 20.0 Å². The van der Waals surface area contributed by atoms with E-state index in [4.69, 9.17) is 9.97 Å². The third kappa shape index (κ3) is 5.10. The highest BCUT2D eigenvalue weighted by molar-refractivity contribution is 5.62. The van der Waals surface area contributed by atoms with Crippen LogP contribution in [-0.2, 0) is 0 Å². The molecule has 0 amide bonds. The number of benzene rings is 1. The first-order chi connectivity index (χ1) is 15.5. The van der Waals surface area contributed by atoms with Crippen molar-refractivity contribution in [3.05, 3.63) is 60.3 Å². The van der Waals surface area contributed by atoms with Crippen molar-refractivity contribution in [3.8, 4) is 0 Å². The molecule has 4 rings (SSSR count). The maximum atomic E-state index is 4.85. The average molecular weight is 432 g/mol. The molecule has 1 saturated heterocycles. The molecule has 1 N–H and O–H groups in total. The van der Waals surface area contributed by atoms with Gasteiger partial charge in [-0.05, 0) is 42.2 Å². The molecule has 7 heteroatoms. The Bertz CT molecular complexity index is 997. The monoisotopic (exact) mass is 431 g/mol. The zero-order valence-corrected chi connectivity index (χ0v) is 19.5. The lowest BCUT2D eigenvalue weighted by Gasteiger charge is -2.35. The Kier molecular flexibility index (Phi) is 6.73. The lowest BCUT2D eigenvalue weighted by Crippen LogP contribution is -2.47. The van der Waals surface area contributed by atoms with Crippen LogP contribution in [0, 0.1) is 0 Å². The van der Waals surface area contributed by atoms with Gasteiger partial charge in [-0.2, -0.15) is 9.97 Å². The normalized spacial score (nSPS) is 14.9. The zero-order chi connectivity index (χ0) is 22.5. The van der Waals surface area contributed by atoms with E-state index in [1.165, 1.54) is 5.56 Å². The van der Waals surface area contributed by atoms with Gasteiger partial charge in [0.1, 0.15) is 17.5 Å². The number of hydrogen-bond donors (Lipinski definition) is 1. The molecule has 1 atom stereocenters. The van der Waals surface area contributed by atoms with Crippen molar-refractivity contribution in [2.75, 3.05) is 60.3 Å². The smallest absolute Gasteiger partial charge is 0.229 e. The van der Waals surface area contributed by atoms with Gasteiger partial charge >= 0.3 is 0 Å². The van der Waals surface area contributed by atoms with Gasteiger partial charge in [-0.15, -0.1) is 0 Å². The van der Waals surface area contributed by atoms with Crippen LogP contribution in [-0.4, -0.2) is 55.2 Å². The van der Waals surface area contributed by atoms with Crippen molar-refractivity contribution >= 4 is 29.1 Å². The van der Waals surface area contributed by atoms with Gasteiger partial charge in [-0.25, -0.2) is 4.98 Å². The molecule has 0 saturated carbocycles. The second-order valence-electron chi connectivity index (χ2n) is 8.52. The molecular weight excluding hydrogens is 398 g/mol. The summed E-state index contributed by atoms with van der Waals surface area (Å²) in [6.07, 6.45) is 2.99. The lowest BCUT2D eigenvalue weighted by molar-refractivity contribution is 0.635. The lowest BCUT2D eigenvalue weighted by atomic mass is 9.99. The minimum atomic E-state index is 0.569. The molecule has 1 aliphatic heterocycles. The molecule has 3 aromatic rings. The number of piperazine rings is 1. The van der Waals surface area contributed by atoms with Crippen LogP contribution in [0.3, 0.4) is 0 Å². The van der Waals surface area contributed by atoms with Crippen LogP contribution in [0.5, 0.6) is 0 Å². The van der Waals surface area contributed by atoms with Gasteiger partial charge in [0.05, 0.1) is 0 Å². The molecule has 32 heavy (non-hydrogen) atoms. The molecule has 0 radical (unpaired) electrons. The first-order valence-corrected chi connectivity index (χ1v) is 11.4. The Labute approximate surface area is 191 Å². The number of anilines is 5. The van der Waals surface area contributed by atoms with E-state index in [-0.39, 0.29) is 0 Å². The number of nitrogens with one attached hydrogen (secondary N) is 1. The number of aromatic nitrogens is 3. The van der Waals surface area contributed by atoms with Gasteiger partial charge in [0.15, 0.2) is 0 Å². The summed E-state index contributed by atoms with van der Waals surface area (Å²) in [6.45, 7) is 7.99. The molecule has 2 aromatic heterocycles. The van der Waals surface area contributed by atoms with Crippen molar-refractivity contribution in [1.29, 1.82) is 0 Å². The van der Waals surface area contributed by atoms with Crippen molar-refractivity contribution < 1.29 is 0 Å². The maximum Gasteiger partial charge on any atom is 0.229 e. The van der Waals surface area contributed by atoms with Gasteiger partial charge in [0.25, 0.3) is 0 Å². The fourth-order valence-electron chi connectivity index (χ4n) is 3.81. The third-order valence-corrected chi connectivity index (χ3v) is 6.06. The number of hydrogen-bond acceptors (Lipinski definition) is 7. The van der Waals surface area contributed by atoms with Crippen LogP contribution >= 0.6 is 0 Å². The Morgan fingerprint density at radius 1 is 0.969 bits per heavy atom. The van der Waals surface area contributed by atoms with Crippen molar-refractivity contribution in [3.63, 3.8) is 0 Å². The minimum absolute atomic E-state index is 0.569. The first-order valence-electron chi connectivity index (χ1n) is 11.4. The van der Waals surface area contributed by atoms with Crippen molar-refractivity contribution in [2.45, 2.75) is 26.2 Å². The predicted molar refractivity (Wildman–Crippen MR) is 133 cm³/mol. The summed E-state index contributed by atoms with van der Waals surface area (Å²) in [4.78, 5) is 20.7. The van der Waals surface area contributed by atoms with E-state index in [2.05, 4.69) is 64.3 Å². The summed E-state index contributed by atoms with van der Waals surface area (Å²) in [6, 6.07) is 16.7. The van der Waals surface area contributed by atoms with Gasteiger partial charge in [0.2, 0.25) is 5.95 Å². The van der Waals surface area contributed by atoms with E-state index in [0.717, 1.165) is 61.7 Å². The Hall–Kier alpha value is -3.35. The second-order valence-corrected chi connectivity index (χ2v) is 8.52. The van der Waals surface area contributed by atoms with Crippen molar-refractivity contribution in [2.24, 2.45) is 0 Å². The van der Waals surface area contributed by atoms with Gasteiger partial charge in [-0.3, -0.25) is 0 Å². The Morgan fingerprint density at radius 2 is 1.69 bits per heavy atom. The molecular formula is C25H33N7. The van der Waals surface area contributed by atoms with Crippen LogP contribution in [0.2, 0.25) is 0 Å². The highest BCUT2D eigenvalue weighted by atomic mass is 15.3. The fourth-order valence-corrected chi connectivity index (χ4v) is 3.81. The van der Waals surface area contributed by atoms with E-state index in [1.807, 2.05) is 43.4 Å². The molecule has 3 heterocycles. The van der Waals surface area contributed by atoms with Crippen LogP contribution < -0.4 is 20.0 Å². The average Bonchev–Trinajstić information content (AvgIpc) is 2.84. The van der Waals surface area contributed by atoms with Crippen LogP contribution in [0.4, 0.5) is 29.1 Å². The Balaban J connectivity index is 1.50. The van der Waals surface area contributed by atoms with Crippen LogP contribution in [0.15, 0.2) is 54.7 Å². The second kappa shape index (κ2) is 9.85. The highest BCUT2D eigenvalue weighted by Crippen LogP contribution is 2.25. The largest absolute Gasteiger partial charge is 0.363 e.